The predicted molar refractivity (Wildman–Crippen MR) is 327 cm³/mol. The van der Waals surface area contributed by atoms with E-state index in [0.29, 0.717) is 38.8 Å². The number of rotatable bonds is 32. The van der Waals surface area contributed by atoms with Crippen molar-refractivity contribution in [3.63, 3.8) is 0 Å². The van der Waals surface area contributed by atoms with E-state index < -0.39 is 170 Å². The Bertz CT molecular complexity index is 2180. The number of aliphatic hydroxyl groups excluding tert-OH is 12. The van der Waals surface area contributed by atoms with Gasteiger partial charge in [-0.05, 0) is 67.2 Å². The highest BCUT2D eigenvalue weighted by molar-refractivity contribution is 5.91. The summed E-state index contributed by atoms with van der Waals surface area (Å²) in [5, 5.41) is 136. The van der Waals surface area contributed by atoms with E-state index in [4.69, 9.17) is 37.9 Å². The van der Waals surface area contributed by atoms with Crippen molar-refractivity contribution in [2.24, 2.45) is 23.7 Å². The molecule has 6 fully saturated rings. The molecule has 0 aliphatic carbocycles. The Hall–Kier alpha value is -5.04. The normalized spacial score (nSPS) is 35.2. The maximum atomic E-state index is 13.3. The molecular weight excluding hydrogens is 1280 g/mol. The molecule has 8 amide bonds. The lowest BCUT2D eigenvalue weighted by Gasteiger charge is -2.38. The van der Waals surface area contributed by atoms with Crippen LogP contribution in [0.25, 0.3) is 0 Å². The van der Waals surface area contributed by atoms with Crippen LogP contribution in [0.2, 0.25) is 0 Å². The van der Waals surface area contributed by atoms with Gasteiger partial charge in [0, 0.05) is 91.1 Å². The van der Waals surface area contributed by atoms with Gasteiger partial charge in [-0.3, -0.25) is 38.4 Å². The summed E-state index contributed by atoms with van der Waals surface area (Å²) in [5.74, 6) is -6.47. The van der Waals surface area contributed by atoms with Gasteiger partial charge in [0.2, 0.25) is 47.3 Å². The summed E-state index contributed by atoms with van der Waals surface area (Å²) in [6, 6.07) is 0. The monoisotopic (exact) mass is 1380 g/mol. The smallest absolute Gasteiger partial charge is 0.225 e. The average Bonchev–Trinajstić information content (AvgIpc) is 1.56. The van der Waals surface area contributed by atoms with Gasteiger partial charge in [-0.1, -0.05) is 0 Å². The van der Waals surface area contributed by atoms with Crippen LogP contribution in [-0.2, 0) is 76.3 Å². The Morgan fingerprint density at radius 2 is 0.552 bits per heavy atom. The van der Waals surface area contributed by atoms with Crippen LogP contribution >= 0.6 is 0 Å². The second kappa shape index (κ2) is 40.3. The topological polar surface area (TPSA) is 532 Å². The van der Waals surface area contributed by atoms with Crippen molar-refractivity contribution in [1.82, 2.24) is 41.7 Å². The van der Waals surface area contributed by atoms with Crippen LogP contribution in [0.15, 0.2) is 0 Å². The van der Waals surface area contributed by atoms with Crippen molar-refractivity contribution >= 4 is 47.3 Å². The zero-order valence-electron chi connectivity index (χ0n) is 55.2. The van der Waals surface area contributed by atoms with Gasteiger partial charge in [-0.2, -0.15) is 0 Å². The number of ether oxygens (including phenoxy) is 8. The number of nitrogens with zero attached hydrogens (tertiary/aromatic N) is 2. The van der Waals surface area contributed by atoms with E-state index in [1.54, 1.807) is 0 Å². The third kappa shape index (κ3) is 23.5. The summed E-state index contributed by atoms with van der Waals surface area (Å²) in [6.45, 7) is 9.89. The molecule has 0 radical (unpaired) electrons. The molecule has 6 aliphatic rings. The minimum absolute atomic E-state index is 0.0251. The van der Waals surface area contributed by atoms with Crippen LogP contribution in [-0.4, -0.2) is 333 Å². The average molecular weight is 1390 g/mol. The first-order valence-electron chi connectivity index (χ1n) is 33.0. The van der Waals surface area contributed by atoms with Crippen molar-refractivity contribution < 1.29 is 138 Å². The number of hydrogen-bond donors (Lipinski definition) is 18. The molecule has 96 heavy (non-hydrogen) atoms. The van der Waals surface area contributed by atoms with Crippen molar-refractivity contribution in [2.45, 2.75) is 216 Å². The van der Waals surface area contributed by atoms with E-state index in [1.807, 2.05) is 13.8 Å². The molecule has 18 N–H and O–H groups in total. The lowest BCUT2D eigenvalue weighted by molar-refractivity contribution is -0.292. The summed E-state index contributed by atoms with van der Waals surface area (Å²) in [7, 11) is 0. The second-order valence-electron chi connectivity index (χ2n) is 24.7. The van der Waals surface area contributed by atoms with Crippen LogP contribution in [0.3, 0.4) is 0 Å². The number of carbonyl (C=O) groups excluding carboxylic acids is 8. The Labute approximate surface area is 556 Å². The Balaban J connectivity index is 0.000000347. The van der Waals surface area contributed by atoms with Crippen LogP contribution in [0.5, 0.6) is 0 Å². The fourth-order valence-corrected chi connectivity index (χ4v) is 11.6. The minimum Gasteiger partial charge on any atom is -0.388 e. The van der Waals surface area contributed by atoms with Gasteiger partial charge in [0.1, 0.15) is 73.2 Å². The SMILES string of the molecule is CCNC(=O)CCCCC(=O)N1C[C@H](C(=O)NCCO[C@@H]2O[C@@H](C)[C@@H](O)[C@@H](O)[C@@H]2O)[C@H](C(=O)NCCO[C@@H]2O[C@@H](C)[C@@H](O)[C@@H](O)[C@@H]2O)C1.CCNC(=O)CCCCC(=O)N1C[C@H](C(=O)NCCO[C@@H]2O[C@@H](C)[C@@H](O)[C@@H](O)[C@@H]2O)[C@H](C(=O)NCCO[C@@H]2O[C@@H](C)[C@@H](O)[C@@H](O)[C@@H]2O)C1. The third-order valence-corrected chi connectivity index (χ3v) is 17.5. The molecule has 0 aromatic rings. The van der Waals surface area contributed by atoms with Crippen molar-refractivity contribution in [1.29, 1.82) is 0 Å². The fourth-order valence-electron chi connectivity index (χ4n) is 11.6. The molecule has 0 aromatic carbocycles. The molecule has 36 nitrogen and oxygen atoms in total. The van der Waals surface area contributed by atoms with Gasteiger partial charge in [0.05, 0.1) is 74.5 Å². The molecule has 36 heteroatoms. The van der Waals surface area contributed by atoms with Crippen molar-refractivity contribution in [2.75, 3.05) is 91.9 Å². The van der Waals surface area contributed by atoms with Gasteiger partial charge >= 0.3 is 0 Å². The van der Waals surface area contributed by atoms with E-state index in [2.05, 4.69) is 31.9 Å². The Morgan fingerprint density at radius 1 is 0.333 bits per heavy atom. The lowest BCUT2D eigenvalue weighted by atomic mass is 9.94. The molecule has 0 saturated carbocycles. The van der Waals surface area contributed by atoms with E-state index in [-0.39, 0.29) is 128 Å². The summed E-state index contributed by atoms with van der Waals surface area (Å²) >= 11 is 0. The Kier molecular flexibility index (Phi) is 34.2. The largest absolute Gasteiger partial charge is 0.388 e. The molecule has 0 bridgehead atoms. The maximum absolute atomic E-state index is 13.3. The molecular formula is C60H104N8O28. The Morgan fingerprint density at radius 3 is 0.771 bits per heavy atom. The third-order valence-electron chi connectivity index (χ3n) is 17.5. The number of amides is 8. The number of hydrogen-bond acceptors (Lipinski definition) is 28. The molecule has 6 aliphatic heterocycles. The predicted octanol–water partition coefficient (Wildman–Crippen LogP) is -8.64. The van der Waals surface area contributed by atoms with Gasteiger partial charge in [0.15, 0.2) is 25.2 Å². The second-order valence-corrected chi connectivity index (χ2v) is 24.7. The lowest BCUT2D eigenvalue weighted by Crippen LogP contribution is -2.57. The highest BCUT2D eigenvalue weighted by Gasteiger charge is 2.48. The van der Waals surface area contributed by atoms with Crippen molar-refractivity contribution in [3.05, 3.63) is 0 Å². The van der Waals surface area contributed by atoms with Crippen LogP contribution < -0.4 is 31.9 Å². The zero-order chi connectivity index (χ0) is 71.1. The first-order chi connectivity index (χ1) is 45.5. The van der Waals surface area contributed by atoms with Crippen molar-refractivity contribution in [3.8, 4) is 0 Å². The van der Waals surface area contributed by atoms with Gasteiger partial charge in [-0.15, -0.1) is 0 Å². The molecule has 6 rings (SSSR count). The quantitative estimate of drug-likeness (QED) is 0.0278. The summed E-state index contributed by atoms with van der Waals surface area (Å²) < 4.78 is 43.4. The van der Waals surface area contributed by atoms with Gasteiger partial charge < -0.3 is 141 Å². The molecule has 6 saturated heterocycles. The molecule has 0 unspecified atom stereocenters. The molecule has 0 spiro atoms. The molecule has 0 aromatic heterocycles. The number of nitrogens with one attached hydrogen (secondary N) is 6. The van der Waals surface area contributed by atoms with Gasteiger partial charge in [-0.25, -0.2) is 0 Å². The van der Waals surface area contributed by atoms with E-state index in [0.717, 1.165) is 0 Å². The number of aliphatic hydroxyl groups is 12. The number of carbonyl (C=O) groups is 8. The van der Waals surface area contributed by atoms with Crippen LogP contribution in [0.1, 0.15) is 92.9 Å². The van der Waals surface area contributed by atoms with Gasteiger partial charge in [0.25, 0.3) is 0 Å². The van der Waals surface area contributed by atoms with Crippen LogP contribution in [0, 0.1) is 23.7 Å². The molecule has 6 heterocycles. The van der Waals surface area contributed by atoms with E-state index >= 15 is 0 Å². The zero-order valence-corrected chi connectivity index (χ0v) is 55.2. The summed E-state index contributed by atoms with van der Waals surface area (Å²) in [6.07, 6.45) is -22.5. The molecule has 552 valence electrons. The van der Waals surface area contributed by atoms with Crippen LogP contribution in [0.4, 0.5) is 0 Å². The fraction of sp³-hybridized carbons (Fsp3) is 0.867. The first-order valence-corrected chi connectivity index (χ1v) is 33.0. The number of unbranched alkanes of at least 4 members (excludes halogenated alkanes) is 2. The van der Waals surface area contributed by atoms with E-state index in [1.165, 1.54) is 37.5 Å². The number of likely N-dealkylation sites (tertiary alicyclic amines) is 2. The summed E-state index contributed by atoms with van der Waals surface area (Å²) in [4.78, 5) is 105. The molecule has 24 atom stereocenters. The van der Waals surface area contributed by atoms with E-state index in [9.17, 15) is 99.6 Å². The first kappa shape index (κ1) is 81.6. The minimum atomic E-state index is -1.51. The summed E-state index contributed by atoms with van der Waals surface area (Å²) in [5.41, 5.74) is 0. The standard InChI is InChI=1S/2C30H52N4O14/c2*1-4-31-19(35)7-5-6-8-20(36)34-13-17(27(43)32-9-11-45-29-25(41)23(39)21(37)15(2)47-29)18(14-34)28(44)33-10-12-46-30-26(42)24(40)22(38)16(3)48-30/h2*15-18,21-26,29-30,37-42H,4-14H2,1-3H3,(H,31,35)(H,32,43)(H,33,44)/t2*15-,16-,17-,18+,21+,22+,23+,24+,25-,26-,29+,30+/m00/s1. The highest BCUT2D eigenvalue weighted by atomic mass is 16.7. The highest BCUT2D eigenvalue weighted by Crippen LogP contribution is 2.29. The maximum Gasteiger partial charge on any atom is 0.225 e.